The van der Waals surface area contributed by atoms with Crippen LogP contribution in [0.3, 0.4) is 0 Å². The predicted molar refractivity (Wildman–Crippen MR) is 89.7 cm³/mol. The van der Waals surface area contributed by atoms with Crippen molar-refractivity contribution in [3.8, 4) is 11.1 Å². The van der Waals surface area contributed by atoms with E-state index in [1.807, 2.05) is 0 Å². The van der Waals surface area contributed by atoms with Gasteiger partial charge in [-0.25, -0.2) is 0 Å². The van der Waals surface area contributed by atoms with E-state index < -0.39 is 0 Å². The van der Waals surface area contributed by atoms with E-state index in [0.29, 0.717) is 0 Å². The van der Waals surface area contributed by atoms with Gasteiger partial charge >= 0.3 is 0 Å². The summed E-state index contributed by atoms with van der Waals surface area (Å²) in [7, 11) is 2.22. The molecule has 0 fully saturated rings. The van der Waals surface area contributed by atoms with Crippen molar-refractivity contribution in [1.29, 1.82) is 0 Å². The van der Waals surface area contributed by atoms with Gasteiger partial charge in [-0.2, -0.15) is 0 Å². The highest BCUT2D eigenvalue weighted by Crippen LogP contribution is 2.48. The summed E-state index contributed by atoms with van der Waals surface area (Å²) in [5.41, 5.74) is 7.26. The van der Waals surface area contributed by atoms with Gasteiger partial charge in [0.15, 0.2) is 0 Å². The van der Waals surface area contributed by atoms with Gasteiger partial charge in [0, 0.05) is 5.41 Å². The number of hydrogen-bond donors (Lipinski definition) is 0. The topological polar surface area (TPSA) is 0 Å². The molecule has 0 aliphatic heterocycles. The molecular formula is C19H17B. The molecule has 96 valence electrons. The summed E-state index contributed by atoms with van der Waals surface area (Å²) >= 11 is 0. The Balaban J connectivity index is 2.17. The van der Waals surface area contributed by atoms with E-state index in [-0.39, 0.29) is 5.41 Å². The first-order valence-corrected chi connectivity index (χ1v) is 7.23. The minimum atomic E-state index is 0.0979. The molecule has 3 aromatic carbocycles. The standard InChI is InChI=1S/C19H17B/c1-19(2)15-8-5-9-17(20)18(15)14-10-12-6-3-4-7-13(12)11-16(14)19/h3-11H,20H2,1-2H3. The van der Waals surface area contributed by atoms with E-state index >= 15 is 0 Å². The fourth-order valence-corrected chi connectivity index (χ4v) is 3.66. The molecule has 0 spiro atoms. The lowest BCUT2D eigenvalue weighted by molar-refractivity contribution is 0.661. The van der Waals surface area contributed by atoms with Gasteiger partial charge in [0.05, 0.1) is 0 Å². The average molecular weight is 256 g/mol. The van der Waals surface area contributed by atoms with Crippen LogP contribution in [-0.2, 0) is 5.41 Å². The van der Waals surface area contributed by atoms with Crippen LogP contribution in [0.4, 0.5) is 0 Å². The molecule has 1 heteroatoms. The molecule has 0 saturated carbocycles. The number of hydrogen-bond acceptors (Lipinski definition) is 0. The Hall–Kier alpha value is -2.02. The lowest BCUT2D eigenvalue weighted by Gasteiger charge is -2.21. The van der Waals surface area contributed by atoms with Crippen LogP contribution in [0.15, 0.2) is 54.6 Å². The van der Waals surface area contributed by atoms with E-state index in [1.54, 1.807) is 0 Å². The van der Waals surface area contributed by atoms with Gasteiger partial charge in [0.1, 0.15) is 7.85 Å². The second kappa shape index (κ2) is 3.76. The van der Waals surface area contributed by atoms with E-state index in [0.717, 1.165) is 0 Å². The number of rotatable bonds is 0. The Bertz CT molecular complexity index is 844. The summed E-state index contributed by atoms with van der Waals surface area (Å²) in [6.45, 7) is 4.68. The van der Waals surface area contributed by atoms with Crippen molar-refractivity contribution in [1.82, 2.24) is 0 Å². The Labute approximate surface area is 120 Å². The van der Waals surface area contributed by atoms with Crippen molar-refractivity contribution in [2.45, 2.75) is 19.3 Å². The molecule has 20 heavy (non-hydrogen) atoms. The molecule has 0 N–H and O–H groups in total. The van der Waals surface area contributed by atoms with E-state index in [1.165, 1.54) is 38.5 Å². The van der Waals surface area contributed by atoms with Crippen molar-refractivity contribution in [2.24, 2.45) is 0 Å². The lowest BCUT2D eigenvalue weighted by atomic mass is 9.80. The van der Waals surface area contributed by atoms with Crippen LogP contribution in [0, 0.1) is 0 Å². The molecule has 0 saturated heterocycles. The van der Waals surface area contributed by atoms with Crippen LogP contribution in [0.1, 0.15) is 25.0 Å². The molecule has 0 bridgehead atoms. The second-order valence-electron chi connectivity index (χ2n) is 6.37. The number of fused-ring (bicyclic) bond motifs is 4. The fraction of sp³-hybridized carbons (Fsp3) is 0.158. The molecule has 3 aromatic rings. The molecule has 0 nitrogen and oxygen atoms in total. The van der Waals surface area contributed by atoms with Crippen molar-refractivity contribution in [3.05, 3.63) is 65.7 Å². The molecule has 0 unspecified atom stereocenters. The second-order valence-corrected chi connectivity index (χ2v) is 6.37. The third kappa shape index (κ3) is 1.38. The molecule has 0 aromatic heterocycles. The zero-order chi connectivity index (χ0) is 13.9. The molecule has 1 aliphatic carbocycles. The van der Waals surface area contributed by atoms with Gasteiger partial charge in [-0.15, -0.1) is 0 Å². The van der Waals surface area contributed by atoms with Gasteiger partial charge in [-0.3, -0.25) is 0 Å². The van der Waals surface area contributed by atoms with Crippen LogP contribution in [0.2, 0.25) is 0 Å². The quantitative estimate of drug-likeness (QED) is 0.541. The van der Waals surface area contributed by atoms with E-state index in [2.05, 4.69) is 76.3 Å². The van der Waals surface area contributed by atoms with Crippen LogP contribution in [-0.4, -0.2) is 7.85 Å². The summed E-state index contributed by atoms with van der Waals surface area (Å²) in [5.74, 6) is 0. The molecule has 1 aliphatic rings. The summed E-state index contributed by atoms with van der Waals surface area (Å²) < 4.78 is 0. The smallest absolute Gasteiger partial charge is 0.0810 e. The maximum Gasteiger partial charge on any atom is 0.140 e. The Kier molecular flexibility index (Phi) is 2.21. The van der Waals surface area contributed by atoms with Crippen molar-refractivity contribution in [2.75, 3.05) is 0 Å². The van der Waals surface area contributed by atoms with Crippen molar-refractivity contribution >= 4 is 24.1 Å². The van der Waals surface area contributed by atoms with Gasteiger partial charge in [-0.05, 0) is 45.2 Å². The molecule has 0 radical (unpaired) electrons. The van der Waals surface area contributed by atoms with Crippen molar-refractivity contribution < 1.29 is 0 Å². The maximum absolute atomic E-state index is 2.38. The minimum Gasteiger partial charge on any atom is -0.0810 e. The van der Waals surface area contributed by atoms with E-state index in [9.17, 15) is 0 Å². The fourth-order valence-electron chi connectivity index (χ4n) is 3.66. The van der Waals surface area contributed by atoms with E-state index in [4.69, 9.17) is 0 Å². The summed E-state index contributed by atoms with van der Waals surface area (Å²) in [4.78, 5) is 0. The Morgan fingerprint density at radius 3 is 2.25 bits per heavy atom. The Morgan fingerprint density at radius 2 is 1.50 bits per heavy atom. The molecule has 0 amide bonds. The number of benzene rings is 3. The van der Waals surface area contributed by atoms with Crippen LogP contribution in [0.5, 0.6) is 0 Å². The summed E-state index contributed by atoms with van der Waals surface area (Å²) in [5, 5.41) is 2.67. The molecule has 0 heterocycles. The van der Waals surface area contributed by atoms with Gasteiger partial charge < -0.3 is 0 Å². The third-order valence-electron chi connectivity index (χ3n) is 4.77. The predicted octanol–water partition coefficient (Wildman–Crippen LogP) is 3.40. The molecular weight excluding hydrogens is 239 g/mol. The first-order valence-electron chi connectivity index (χ1n) is 7.23. The highest BCUT2D eigenvalue weighted by atomic mass is 14.4. The zero-order valence-corrected chi connectivity index (χ0v) is 12.2. The maximum atomic E-state index is 2.38. The van der Waals surface area contributed by atoms with Crippen LogP contribution < -0.4 is 5.46 Å². The first-order chi connectivity index (χ1) is 9.59. The Morgan fingerprint density at radius 1 is 0.800 bits per heavy atom. The SMILES string of the molecule is Bc1cccc2c1-c1cc3ccccc3cc1C2(C)C. The summed E-state index contributed by atoms with van der Waals surface area (Å²) in [6.07, 6.45) is 0. The first kappa shape index (κ1) is 11.8. The van der Waals surface area contributed by atoms with Crippen LogP contribution in [0.25, 0.3) is 21.9 Å². The zero-order valence-electron chi connectivity index (χ0n) is 12.2. The minimum absolute atomic E-state index is 0.0979. The summed E-state index contributed by atoms with van der Waals surface area (Å²) in [6, 6.07) is 20.1. The van der Waals surface area contributed by atoms with Crippen molar-refractivity contribution in [3.63, 3.8) is 0 Å². The molecule has 0 atom stereocenters. The lowest BCUT2D eigenvalue weighted by Crippen LogP contribution is -2.16. The monoisotopic (exact) mass is 256 g/mol. The van der Waals surface area contributed by atoms with Crippen LogP contribution >= 0.6 is 0 Å². The van der Waals surface area contributed by atoms with Gasteiger partial charge in [0.25, 0.3) is 0 Å². The third-order valence-corrected chi connectivity index (χ3v) is 4.77. The largest absolute Gasteiger partial charge is 0.140 e. The molecule has 4 rings (SSSR count). The normalized spacial score (nSPS) is 15.1. The highest BCUT2D eigenvalue weighted by Gasteiger charge is 2.35. The van der Waals surface area contributed by atoms with Gasteiger partial charge in [0.2, 0.25) is 0 Å². The highest BCUT2D eigenvalue weighted by molar-refractivity contribution is 6.36. The van der Waals surface area contributed by atoms with Gasteiger partial charge in [-0.1, -0.05) is 61.8 Å². The average Bonchev–Trinajstić information content (AvgIpc) is 2.67.